The Morgan fingerprint density at radius 1 is 1.07 bits per heavy atom. The predicted molar refractivity (Wildman–Crippen MR) is 85.0 cm³/mol. The molecule has 0 fully saturated rings. The summed E-state index contributed by atoms with van der Waals surface area (Å²) in [6, 6.07) is 1.21. The van der Waals surface area contributed by atoms with Gasteiger partial charge in [0.1, 0.15) is 5.69 Å². The fourth-order valence-electron chi connectivity index (χ4n) is 2.78. The molecule has 0 atom stereocenters. The van der Waals surface area contributed by atoms with Gasteiger partial charge in [0, 0.05) is 5.56 Å². The highest BCUT2D eigenvalue weighted by molar-refractivity contribution is 6.02. The van der Waals surface area contributed by atoms with Crippen molar-refractivity contribution in [3.63, 3.8) is 0 Å². The number of hydrogen-bond donors (Lipinski definition) is 0. The van der Waals surface area contributed by atoms with E-state index in [4.69, 9.17) is 6.42 Å². The lowest BCUT2D eigenvalue weighted by molar-refractivity contribution is -0.192. The zero-order valence-corrected chi connectivity index (χ0v) is 14.3. The third kappa shape index (κ3) is 2.91. The second-order valence-corrected chi connectivity index (χ2v) is 5.65. The number of nitrogens with zero attached hydrogens (tertiary/aromatic N) is 1. The number of anilines is 1. The molecule has 0 aromatic heterocycles. The van der Waals surface area contributed by atoms with Gasteiger partial charge in [-0.1, -0.05) is 5.92 Å². The van der Waals surface area contributed by atoms with Gasteiger partial charge < -0.3 is 9.47 Å². The van der Waals surface area contributed by atoms with Gasteiger partial charge in [0.25, 0.3) is 0 Å². The van der Waals surface area contributed by atoms with Crippen molar-refractivity contribution < 1.29 is 45.0 Å². The van der Waals surface area contributed by atoms with E-state index in [-0.39, 0.29) is 4.90 Å². The van der Waals surface area contributed by atoms with E-state index in [0.29, 0.717) is 12.1 Å². The minimum Gasteiger partial charge on any atom is -0.491 e. The Hall–Kier alpha value is -3.42. The van der Waals surface area contributed by atoms with Crippen LogP contribution in [0.5, 0.6) is 11.5 Å². The number of fused-ring (bicyclic) bond motifs is 1. The maximum absolute atomic E-state index is 15.0. The van der Waals surface area contributed by atoms with Crippen molar-refractivity contribution in [3.8, 4) is 35.0 Å². The Labute approximate surface area is 158 Å². The number of terminal acetylenes is 1. The lowest BCUT2D eigenvalue weighted by atomic mass is 10.00. The van der Waals surface area contributed by atoms with Crippen molar-refractivity contribution in [2.24, 2.45) is 0 Å². The van der Waals surface area contributed by atoms with E-state index in [1.165, 1.54) is 0 Å². The maximum atomic E-state index is 15.0. The molecular weight excluding hydrogens is 411 g/mol. The molecule has 2 aromatic carbocycles. The van der Waals surface area contributed by atoms with Gasteiger partial charge in [-0.05, 0) is 12.1 Å². The van der Waals surface area contributed by atoms with E-state index in [1.807, 2.05) is 5.92 Å². The van der Waals surface area contributed by atoms with Gasteiger partial charge in [-0.25, -0.2) is 13.2 Å². The first kappa shape index (κ1) is 20.3. The van der Waals surface area contributed by atoms with E-state index in [1.54, 1.807) is 0 Å². The number of hydrogen-bond acceptors (Lipinski definition) is 3. The molecule has 0 spiro atoms. The second kappa shape index (κ2) is 6.88. The highest BCUT2D eigenvalue weighted by atomic mass is 19.3. The fraction of sp³-hybridized carbons (Fsp3) is 0.167. The van der Waals surface area contributed by atoms with Crippen LogP contribution in [0.15, 0.2) is 12.1 Å². The molecule has 4 nitrogen and oxygen atoms in total. The zero-order valence-electron chi connectivity index (χ0n) is 14.3. The largest absolute Gasteiger partial charge is 0.491 e. The van der Waals surface area contributed by atoms with Crippen molar-refractivity contribution in [2.75, 3.05) is 18.6 Å². The summed E-state index contributed by atoms with van der Waals surface area (Å²) in [5, 5.41) is 0. The van der Waals surface area contributed by atoms with Gasteiger partial charge in [0.15, 0.2) is 29.0 Å². The average molecular weight is 419 g/mol. The molecule has 0 saturated heterocycles. The Balaban J connectivity index is 2.32. The highest BCUT2D eigenvalue weighted by Crippen LogP contribution is 2.45. The van der Waals surface area contributed by atoms with Crippen LogP contribution in [0.1, 0.15) is 0 Å². The van der Waals surface area contributed by atoms with E-state index < -0.39 is 76.0 Å². The number of halogens is 7. The molecule has 1 amide bonds. The monoisotopic (exact) mass is 419 g/mol. The first-order valence-electron chi connectivity index (χ1n) is 7.61. The Morgan fingerprint density at radius 3 is 2.17 bits per heavy atom. The van der Waals surface area contributed by atoms with Crippen molar-refractivity contribution in [1.82, 2.24) is 0 Å². The molecule has 3 rings (SSSR count). The molecule has 1 aliphatic rings. The van der Waals surface area contributed by atoms with Crippen LogP contribution in [0, 0.1) is 41.4 Å². The number of benzene rings is 2. The average Bonchev–Trinajstić information content (AvgIpc) is 2.66. The summed E-state index contributed by atoms with van der Waals surface area (Å²) in [5.74, 6) is -12.0. The van der Waals surface area contributed by atoms with E-state index >= 15 is 4.39 Å². The number of ether oxygens (including phenoxy) is 2. The molecule has 0 bridgehead atoms. The lowest BCUT2D eigenvalue weighted by Gasteiger charge is -2.33. The number of carbonyl (C=O) groups excluding carboxylic acids is 1. The molecule has 1 heterocycles. The molecule has 0 N–H and O–H groups in total. The fourth-order valence-corrected chi connectivity index (χ4v) is 2.78. The molecule has 0 aliphatic carbocycles. The van der Waals surface area contributed by atoms with Crippen molar-refractivity contribution in [3.05, 3.63) is 41.2 Å². The van der Waals surface area contributed by atoms with E-state index in [9.17, 15) is 31.1 Å². The smallest absolute Gasteiger partial charge is 0.483 e. The Morgan fingerprint density at radius 2 is 1.66 bits per heavy atom. The van der Waals surface area contributed by atoms with Gasteiger partial charge in [-0.3, -0.25) is 9.69 Å². The van der Waals surface area contributed by atoms with Crippen LogP contribution < -0.4 is 14.4 Å². The minimum absolute atomic E-state index is 0.115. The SMILES string of the molecule is C#CCN1C(=O)C(F)(F)Oc2ccc(-c3c(F)c(F)c(OC)c(F)c3F)c(F)c21. The number of carbonyl (C=O) groups is 1. The molecular formula is C18H8F7NO3. The summed E-state index contributed by atoms with van der Waals surface area (Å²) in [4.78, 5) is 11.9. The van der Waals surface area contributed by atoms with Crippen molar-refractivity contribution >= 4 is 11.6 Å². The minimum atomic E-state index is -4.38. The quantitative estimate of drug-likeness (QED) is 0.429. The van der Waals surface area contributed by atoms with Crippen LogP contribution in [0.2, 0.25) is 0 Å². The van der Waals surface area contributed by atoms with Gasteiger partial charge in [-0.15, -0.1) is 6.42 Å². The number of alkyl halides is 2. The molecule has 152 valence electrons. The van der Waals surface area contributed by atoms with Gasteiger partial charge >= 0.3 is 12.0 Å². The second-order valence-electron chi connectivity index (χ2n) is 5.65. The van der Waals surface area contributed by atoms with Gasteiger partial charge in [0.05, 0.1) is 19.2 Å². The van der Waals surface area contributed by atoms with Crippen LogP contribution in [-0.2, 0) is 4.79 Å². The highest BCUT2D eigenvalue weighted by Gasteiger charge is 2.51. The normalized spacial score (nSPS) is 14.9. The van der Waals surface area contributed by atoms with Crippen LogP contribution >= 0.6 is 0 Å². The summed E-state index contributed by atoms with van der Waals surface area (Å²) in [5.41, 5.74) is -3.51. The number of methoxy groups -OCH3 is 1. The summed E-state index contributed by atoms with van der Waals surface area (Å²) >= 11 is 0. The first-order chi connectivity index (χ1) is 13.6. The molecule has 0 radical (unpaired) electrons. The molecule has 29 heavy (non-hydrogen) atoms. The van der Waals surface area contributed by atoms with Crippen molar-refractivity contribution in [2.45, 2.75) is 6.11 Å². The molecule has 11 heteroatoms. The molecule has 0 unspecified atom stereocenters. The van der Waals surface area contributed by atoms with E-state index in [0.717, 1.165) is 7.11 Å². The summed E-state index contributed by atoms with van der Waals surface area (Å²) < 4.78 is 107. The standard InChI is InChI=1S/C18H8F7NO3/c1-3-6-26-15-8(29-18(24,25)17(26)27)5-4-7(10(15)19)9-11(20)13(22)16(28-2)14(23)12(9)21/h1,4-5H,6H2,2H3. The Kier molecular flexibility index (Phi) is 4.82. The summed E-state index contributed by atoms with van der Waals surface area (Å²) in [6.07, 6.45) is 0.619. The third-order valence-electron chi connectivity index (χ3n) is 4.03. The summed E-state index contributed by atoms with van der Waals surface area (Å²) in [6.45, 7) is -0.846. The predicted octanol–water partition coefficient (Wildman–Crippen LogP) is 4.01. The first-order valence-corrected chi connectivity index (χ1v) is 7.61. The zero-order chi connectivity index (χ0) is 21.7. The maximum Gasteiger partial charge on any atom is 0.483 e. The van der Waals surface area contributed by atoms with Gasteiger partial charge in [0.2, 0.25) is 11.6 Å². The van der Waals surface area contributed by atoms with Crippen LogP contribution in [0.3, 0.4) is 0 Å². The molecule has 0 saturated carbocycles. The molecule has 2 aromatic rings. The third-order valence-corrected chi connectivity index (χ3v) is 4.03. The van der Waals surface area contributed by atoms with Crippen LogP contribution in [-0.4, -0.2) is 25.7 Å². The lowest BCUT2D eigenvalue weighted by Crippen LogP contribution is -2.51. The number of rotatable bonds is 3. The number of amides is 1. The summed E-state index contributed by atoms with van der Waals surface area (Å²) in [7, 11) is 0.750. The van der Waals surface area contributed by atoms with E-state index in [2.05, 4.69) is 9.47 Å². The molecule has 1 aliphatic heterocycles. The van der Waals surface area contributed by atoms with Crippen LogP contribution in [0.25, 0.3) is 11.1 Å². The Bertz CT molecular complexity index is 1050. The topological polar surface area (TPSA) is 38.8 Å². The van der Waals surface area contributed by atoms with Crippen molar-refractivity contribution in [1.29, 1.82) is 0 Å². The van der Waals surface area contributed by atoms with Crippen LogP contribution in [0.4, 0.5) is 36.4 Å². The van der Waals surface area contributed by atoms with Gasteiger partial charge in [-0.2, -0.15) is 17.6 Å².